The summed E-state index contributed by atoms with van der Waals surface area (Å²) in [4.78, 5) is 10.7. The molecule has 0 unspecified atom stereocenters. The third-order valence-electron chi connectivity index (χ3n) is 3.93. The molecule has 124 valence electrons. The Morgan fingerprint density at radius 3 is 2.38 bits per heavy atom. The number of anilines is 1. The Morgan fingerprint density at radius 2 is 1.71 bits per heavy atom. The second kappa shape index (κ2) is 8.25. The Bertz CT molecular complexity index is 755. The number of allylic oxidation sites excluding steroid dienone is 1. The summed E-state index contributed by atoms with van der Waals surface area (Å²) < 4.78 is 0. The van der Waals surface area contributed by atoms with Gasteiger partial charge in [0.2, 0.25) is 0 Å². The lowest BCUT2D eigenvalue weighted by Crippen LogP contribution is -2.18. The van der Waals surface area contributed by atoms with Crippen molar-refractivity contribution in [3.63, 3.8) is 0 Å². The van der Waals surface area contributed by atoms with Crippen LogP contribution < -0.4 is 4.90 Å². The molecule has 0 aromatic heterocycles. The van der Waals surface area contributed by atoms with Crippen LogP contribution in [-0.2, 0) is 0 Å². The Balaban J connectivity index is 2.05. The van der Waals surface area contributed by atoms with Gasteiger partial charge in [0.15, 0.2) is 0 Å². The maximum Gasteiger partial charge on any atom is 0.109 e. The molecule has 0 heterocycles. The van der Waals surface area contributed by atoms with E-state index in [0.717, 1.165) is 11.3 Å². The molecular formula is C21H25N3. The van der Waals surface area contributed by atoms with Crippen LogP contribution in [0.15, 0.2) is 58.5 Å². The number of aryl methyl sites for hydroxylation is 3. The molecule has 0 fully saturated rings. The van der Waals surface area contributed by atoms with Crippen LogP contribution in [0.1, 0.15) is 22.3 Å². The van der Waals surface area contributed by atoms with Crippen LogP contribution in [0.4, 0.5) is 5.69 Å². The van der Waals surface area contributed by atoms with Crippen molar-refractivity contribution in [3.05, 3.63) is 70.8 Å². The maximum atomic E-state index is 4.49. The van der Waals surface area contributed by atoms with Crippen LogP contribution >= 0.6 is 0 Å². The molecule has 2 aromatic carbocycles. The fourth-order valence-electron chi connectivity index (χ4n) is 2.46. The van der Waals surface area contributed by atoms with Gasteiger partial charge in [-0.05, 0) is 50.8 Å². The molecular weight excluding hydrogens is 294 g/mol. The van der Waals surface area contributed by atoms with Crippen molar-refractivity contribution in [3.8, 4) is 0 Å². The van der Waals surface area contributed by atoms with E-state index in [-0.39, 0.29) is 0 Å². The number of hydrogen-bond donors (Lipinski definition) is 0. The standard InChI is InChI=1S/C21H25N3/c1-16-7-10-19(11-8-16)20(22-4)12-13-23-15-24(5)21-14-17(2)6-9-18(21)3/h6-14H,4,15H2,1-3,5H3/b20-12-,23-13?. The Labute approximate surface area is 145 Å². The molecule has 0 saturated heterocycles. The highest BCUT2D eigenvalue weighted by molar-refractivity contribution is 5.85. The van der Waals surface area contributed by atoms with Gasteiger partial charge in [0, 0.05) is 24.5 Å². The smallest absolute Gasteiger partial charge is 0.109 e. The van der Waals surface area contributed by atoms with Crippen molar-refractivity contribution in [1.82, 2.24) is 0 Å². The third-order valence-corrected chi connectivity index (χ3v) is 3.93. The summed E-state index contributed by atoms with van der Waals surface area (Å²) in [6.07, 6.45) is 3.69. The fourth-order valence-corrected chi connectivity index (χ4v) is 2.46. The van der Waals surface area contributed by atoms with Crippen LogP contribution in [-0.4, -0.2) is 26.6 Å². The van der Waals surface area contributed by atoms with E-state index < -0.39 is 0 Å². The number of hydrogen-bond acceptors (Lipinski definition) is 3. The van der Waals surface area contributed by atoms with E-state index in [2.05, 4.69) is 79.8 Å². The second-order valence-electron chi connectivity index (χ2n) is 6.04. The van der Waals surface area contributed by atoms with E-state index in [1.54, 1.807) is 6.21 Å². The number of nitrogens with zero attached hydrogens (tertiary/aromatic N) is 3. The van der Waals surface area contributed by atoms with Gasteiger partial charge in [0.1, 0.15) is 6.67 Å². The quantitative estimate of drug-likeness (QED) is 0.702. The Hall–Kier alpha value is -2.68. The topological polar surface area (TPSA) is 28.0 Å². The first-order valence-electron chi connectivity index (χ1n) is 8.03. The molecule has 0 spiro atoms. The molecule has 0 amide bonds. The van der Waals surface area contributed by atoms with E-state index in [9.17, 15) is 0 Å². The van der Waals surface area contributed by atoms with Gasteiger partial charge in [-0.3, -0.25) is 9.98 Å². The average Bonchev–Trinajstić information content (AvgIpc) is 2.58. The van der Waals surface area contributed by atoms with Gasteiger partial charge in [0.25, 0.3) is 0 Å². The van der Waals surface area contributed by atoms with Crippen LogP contribution in [0.2, 0.25) is 0 Å². The van der Waals surface area contributed by atoms with Crippen molar-refractivity contribution in [1.29, 1.82) is 0 Å². The van der Waals surface area contributed by atoms with Gasteiger partial charge < -0.3 is 4.90 Å². The normalized spacial score (nSPS) is 11.8. The number of aliphatic imine (C=N–C) groups is 2. The van der Waals surface area contributed by atoms with Crippen molar-refractivity contribution in [2.24, 2.45) is 9.98 Å². The summed E-state index contributed by atoms with van der Waals surface area (Å²) in [6, 6.07) is 14.7. The molecule has 0 radical (unpaired) electrons. The molecule has 3 nitrogen and oxygen atoms in total. The van der Waals surface area contributed by atoms with Gasteiger partial charge in [0.05, 0.1) is 5.70 Å². The van der Waals surface area contributed by atoms with Crippen molar-refractivity contribution in [2.75, 3.05) is 18.6 Å². The lowest BCUT2D eigenvalue weighted by molar-refractivity contribution is 0.931. The summed E-state index contributed by atoms with van der Waals surface area (Å²) in [5, 5.41) is 0. The third kappa shape index (κ3) is 4.66. The highest BCUT2D eigenvalue weighted by Gasteiger charge is 2.03. The first-order valence-corrected chi connectivity index (χ1v) is 8.03. The van der Waals surface area contributed by atoms with Crippen LogP contribution in [0.5, 0.6) is 0 Å². The minimum atomic E-state index is 0.596. The van der Waals surface area contributed by atoms with Gasteiger partial charge in [-0.15, -0.1) is 0 Å². The first kappa shape index (κ1) is 17.7. The maximum absolute atomic E-state index is 4.49. The highest BCUT2D eigenvalue weighted by Crippen LogP contribution is 2.20. The molecule has 2 rings (SSSR count). The molecule has 0 aliphatic rings. The predicted octanol–water partition coefficient (Wildman–Crippen LogP) is 4.82. The SMILES string of the molecule is C=N/C(=C\C=NCN(C)c1cc(C)ccc1C)c1ccc(C)cc1. The summed E-state index contributed by atoms with van der Waals surface area (Å²) in [7, 11) is 2.05. The molecule has 24 heavy (non-hydrogen) atoms. The summed E-state index contributed by atoms with van der Waals surface area (Å²) in [6.45, 7) is 10.5. The summed E-state index contributed by atoms with van der Waals surface area (Å²) in [5.74, 6) is 0. The van der Waals surface area contributed by atoms with Gasteiger partial charge >= 0.3 is 0 Å². The first-order chi connectivity index (χ1) is 11.5. The van der Waals surface area contributed by atoms with Crippen LogP contribution in [0.25, 0.3) is 5.70 Å². The zero-order chi connectivity index (χ0) is 17.5. The molecule has 0 aliphatic carbocycles. The average molecular weight is 319 g/mol. The molecule has 3 heteroatoms. The van der Waals surface area contributed by atoms with Crippen molar-refractivity contribution >= 4 is 24.3 Å². The number of benzene rings is 2. The van der Waals surface area contributed by atoms with Crippen molar-refractivity contribution in [2.45, 2.75) is 20.8 Å². The molecule has 0 bridgehead atoms. The molecule has 0 aliphatic heterocycles. The summed E-state index contributed by atoms with van der Waals surface area (Å²) in [5.41, 5.74) is 6.81. The van der Waals surface area contributed by atoms with E-state index in [1.165, 1.54) is 22.4 Å². The predicted molar refractivity (Wildman–Crippen MR) is 106 cm³/mol. The Morgan fingerprint density at radius 1 is 1.04 bits per heavy atom. The highest BCUT2D eigenvalue weighted by atomic mass is 15.2. The fraction of sp³-hybridized carbons (Fsp3) is 0.238. The Kier molecular flexibility index (Phi) is 6.07. The zero-order valence-corrected chi connectivity index (χ0v) is 15.0. The van der Waals surface area contributed by atoms with Crippen LogP contribution in [0.3, 0.4) is 0 Å². The van der Waals surface area contributed by atoms with E-state index in [1.807, 2.05) is 18.2 Å². The van der Waals surface area contributed by atoms with Gasteiger partial charge in [-0.1, -0.05) is 42.0 Å². The summed E-state index contributed by atoms with van der Waals surface area (Å²) >= 11 is 0. The minimum absolute atomic E-state index is 0.596. The van der Waals surface area contributed by atoms with E-state index in [4.69, 9.17) is 0 Å². The largest absolute Gasteiger partial charge is 0.355 e. The minimum Gasteiger partial charge on any atom is -0.355 e. The molecule has 0 saturated carbocycles. The second-order valence-corrected chi connectivity index (χ2v) is 6.04. The van der Waals surface area contributed by atoms with E-state index >= 15 is 0 Å². The number of rotatable bonds is 6. The van der Waals surface area contributed by atoms with Crippen molar-refractivity contribution < 1.29 is 0 Å². The van der Waals surface area contributed by atoms with Gasteiger partial charge in [-0.2, -0.15) is 0 Å². The monoisotopic (exact) mass is 319 g/mol. The zero-order valence-electron chi connectivity index (χ0n) is 15.0. The lowest BCUT2D eigenvalue weighted by atomic mass is 10.1. The van der Waals surface area contributed by atoms with E-state index in [0.29, 0.717) is 6.67 Å². The van der Waals surface area contributed by atoms with Gasteiger partial charge in [-0.25, -0.2) is 0 Å². The molecule has 0 N–H and O–H groups in total. The van der Waals surface area contributed by atoms with Crippen LogP contribution in [0, 0.1) is 20.8 Å². The molecule has 2 aromatic rings. The molecule has 0 atom stereocenters. The lowest BCUT2D eigenvalue weighted by Gasteiger charge is -2.19.